The van der Waals surface area contributed by atoms with Gasteiger partial charge in [0, 0.05) is 35.9 Å². The van der Waals surface area contributed by atoms with Gasteiger partial charge < -0.3 is 0 Å². The zero-order chi connectivity index (χ0) is 14.7. The minimum Gasteiger partial charge on any atom is -0.271 e. The van der Waals surface area contributed by atoms with Crippen molar-refractivity contribution in [1.82, 2.24) is 9.29 Å². The molecule has 2 heterocycles. The average Bonchev–Trinajstić information content (AvgIpc) is 3.03. The second kappa shape index (κ2) is 6.13. The topological polar surface area (TPSA) is 62.3 Å². The van der Waals surface area contributed by atoms with Gasteiger partial charge >= 0.3 is 10.2 Å². The van der Waals surface area contributed by atoms with Gasteiger partial charge in [-0.3, -0.25) is 4.72 Å². The Kier molecular flexibility index (Phi) is 4.23. The van der Waals surface area contributed by atoms with Crippen molar-refractivity contribution >= 4 is 27.2 Å². The number of benzene rings is 1. The van der Waals surface area contributed by atoms with Gasteiger partial charge in [-0.05, 0) is 37.1 Å². The molecule has 3 rings (SSSR count). The van der Waals surface area contributed by atoms with Gasteiger partial charge in [0.05, 0.1) is 0 Å². The number of piperidine rings is 1. The molecule has 7 heteroatoms. The summed E-state index contributed by atoms with van der Waals surface area (Å²) in [4.78, 5) is 4.24. The van der Waals surface area contributed by atoms with Crippen molar-refractivity contribution in [3.63, 3.8) is 0 Å². The zero-order valence-electron chi connectivity index (χ0n) is 11.5. The first-order valence-electron chi connectivity index (χ1n) is 6.93. The molecular formula is C14H17N3O2S2. The Hall–Kier alpha value is -1.44. The van der Waals surface area contributed by atoms with Crippen LogP contribution in [0.1, 0.15) is 19.3 Å². The third kappa shape index (κ3) is 3.42. The molecule has 1 fully saturated rings. The number of nitrogens with one attached hydrogen (secondary N) is 1. The standard InChI is InChI=1S/C14H17N3O2S2/c18-21(19,17-9-2-1-3-10-17)16-13-6-4-12(5-7-13)14-15-8-11-20-14/h4-8,11,16H,1-3,9-10H2. The van der Waals surface area contributed by atoms with E-state index >= 15 is 0 Å². The van der Waals surface area contributed by atoms with Crippen LogP contribution in [0.2, 0.25) is 0 Å². The lowest BCUT2D eigenvalue weighted by Gasteiger charge is -2.26. The smallest absolute Gasteiger partial charge is 0.271 e. The molecule has 1 aliphatic heterocycles. The Labute approximate surface area is 128 Å². The van der Waals surface area contributed by atoms with E-state index in [1.807, 2.05) is 17.5 Å². The van der Waals surface area contributed by atoms with Crippen LogP contribution in [0.3, 0.4) is 0 Å². The number of aromatic nitrogens is 1. The van der Waals surface area contributed by atoms with Crippen molar-refractivity contribution in [3.05, 3.63) is 35.8 Å². The first-order valence-corrected chi connectivity index (χ1v) is 9.25. The van der Waals surface area contributed by atoms with Gasteiger partial charge in [0.1, 0.15) is 5.01 Å². The molecule has 0 saturated carbocycles. The highest BCUT2D eigenvalue weighted by molar-refractivity contribution is 7.90. The minimum atomic E-state index is -3.43. The molecule has 1 aromatic carbocycles. The van der Waals surface area contributed by atoms with E-state index in [0.717, 1.165) is 29.8 Å². The predicted octanol–water partition coefficient (Wildman–Crippen LogP) is 2.95. The largest absolute Gasteiger partial charge is 0.301 e. The highest BCUT2D eigenvalue weighted by atomic mass is 32.2. The second-order valence-electron chi connectivity index (χ2n) is 4.98. The first-order chi connectivity index (χ1) is 10.1. The van der Waals surface area contributed by atoms with Crippen molar-refractivity contribution < 1.29 is 8.42 Å². The van der Waals surface area contributed by atoms with Crippen LogP contribution in [0, 0.1) is 0 Å². The van der Waals surface area contributed by atoms with Gasteiger partial charge in [-0.25, -0.2) is 4.98 Å². The lowest BCUT2D eigenvalue weighted by Crippen LogP contribution is -2.39. The Balaban J connectivity index is 1.72. The zero-order valence-corrected chi connectivity index (χ0v) is 13.2. The van der Waals surface area contributed by atoms with Gasteiger partial charge in [-0.1, -0.05) is 6.42 Å². The molecule has 2 aromatic rings. The molecule has 1 aliphatic rings. The van der Waals surface area contributed by atoms with Crippen LogP contribution in [0.4, 0.5) is 5.69 Å². The molecule has 0 atom stereocenters. The number of anilines is 1. The monoisotopic (exact) mass is 323 g/mol. The summed E-state index contributed by atoms with van der Waals surface area (Å²) in [6.45, 7) is 1.21. The molecule has 1 saturated heterocycles. The van der Waals surface area contributed by atoms with Gasteiger partial charge in [0.25, 0.3) is 0 Å². The predicted molar refractivity (Wildman–Crippen MR) is 85.5 cm³/mol. The quantitative estimate of drug-likeness (QED) is 0.941. The summed E-state index contributed by atoms with van der Waals surface area (Å²) in [6, 6.07) is 7.32. The normalized spacial score (nSPS) is 16.8. The van der Waals surface area contributed by atoms with E-state index in [-0.39, 0.29) is 0 Å². The molecular weight excluding hydrogens is 306 g/mol. The molecule has 0 amide bonds. The van der Waals surface area contributed by atoms with Crippen LogP contribution >= 0.6 is 11.3 Å². The molecule has 5 nitrogen and oxygen atoms in total. The van der Waals surface area contributed by atoms with Gasteiger partial charge in [0.2, 0.25) is 0 Å². The molecule has 0 bridgehead atoms. The van der Waals surface area contributed by atoms with E-state index in [0.29, 0.717) is 18.8 Å². The maximum absolute atomic E-state index is 12.3. The lowest BCUT2D eigenvalue weighted by molar-refractivity contribution is 0.349. The summed E-state index contributed by atoms with van der Waals surface area (Å²) in [5.41, 5.74) is 1.58. The van der Waals surface area contributed by atoms with Crippen LogP contribution in [0.15, 0.2) is 35.8 Å². The average molecular weight is 323 g/mol. The van der Waals surface area contributed by atoms with E-state index in [2.05, 4.69) is 9.71 Å². The maximum Gasteiger partial charge on any atom is 0.301 e. The lowest BCUT2D eigenvalue weighted by atomic mass is 10.2. The molecule has 1 aromatic heterocycles. The van der Waals surface area contributed by atoms with E-state index in [1.54, 1.807) is 29.7 Å². The Morgan fingerprint density at radius 3 is 2.43 bits per heavy atom. The molecule has 21 heavy (non-hydrogen) atoms. The Morgan fingerprint density at radius 2 is 1.81 bits per heavy atom. The van der Waals surface area contributed by atoms with Gasteiger partial charge in [0.15, 0.2) is 0 Å². The van der Waals surface area contributed by atoms with Crippen LogP contribution in [0.5, 0.6) is 0 Å². The maximum atomic E-state index is 12.3. The van der Waals surface area contributed by atoms with E-state index in [9.17, 15) is 8.42 Å². The van der Waals surface area contributed by atoms with Crippen molar-refractivity contribution in [2.45, 2.75) is 19.3 Å². The van der Waals surface area contributed by atoms with Crippen LogP contribution in [-0.2, 0) is 10.2 Å². The number of rotatable bonds is 4. The fourth-order valence-electron chi connectivity index (χ4n) is 2.37. The number of hydrogen-bond donors (Lipinski definition) is 1. The van der Waals surface area contributed by atoms with E-state index in [4.69, 9.17) is 0 Å². The third-order valence-corrected chi connectivity index (χ3v) is 5.83. The fourth-order valence-corrected chi connectivity index (χ4v) is 4.31. The fraction of sp³-hybridized carbons (Fsp3) is 0.357. The first kappa shape index (κ1) is 14.5. The van der Waals surface area contributed by atoms with E-state index in [1.165, 1.54) is 4.31 Å². The van der Waals surface area contributed by atoms with Crippen LogP contribution in [0.25, 0.3) is 10.6 Å². The molecule has 0 aliphatic carbocycles. The Bertz CT molecular complexity index is 676. The molecule has 112 valence electrons. The summed E-state index contributed by atoms with van der Waals surface area (Å²) in [6.07, 6.45) is 4.73. The second-order valence-corrected chi connectivity index (χ2v) is 7.55. The number of nitrogens with zero attached hydrogens (tertiary/aromatic N) is 2. The summed E-state index contributed by atoms with van der Waals surface area (Å²) in [7, 11) is -3.43. The minimum absolute atomic E-state index is 0.584. The van der Waals surface area contributed by atoms with E-state index < -0.39 is 10.2 Å². The van der Waals surface area contributed by atoms with Gasteiger partial charge in [-0.2, -0.15) is 12.7 Å². The Morgan fingerprint density at radius 1 is 1.10 bits per heavy atom. The molecule has 1 N–H and O–H groups in total. The SMILES string of the molecule is O=S(=O)(Nc1ccc(-c2nccs2)cc1)N1CCCCC1. The van der Waals surface area contributed by atoms with Crippen molar-refractivity contribution in [3.8, 4) is 10.6 Å². The highest BCUT2D eigenvalue weighted by Crippen LogP contribution is 2.24. The van der Waals surface area contributed by atoms with Crippen LogP contribution < -0.4 is 4.72 Å². The number of hydrogen-bond acceptors (Lipinski definition) is 4. The number of thiazole rings is 1. The summed E-state index contributed by atoms with van der Waals surface area (Å²) < 4.78 is 28.7. The van der Waals surface area contributed by atoms with Crippen molar-refractivity contribution in [2.24, 2.45) is 0 Å². The summed E-state index contributed by atoms with van der Waals surface area (Å²) in [5.74, 6) is 0. The molecule has 0 unspecified atom stereocenters. The summed E-state index contributed by atoms with van der Waals surface area (Å²) in [5, 5.41) is 2.85. The van der Waals surface area contributed by atoms with Crippen LogP contribution in [-0.4, -0.2) is 30.8 Å². The molecule has 0 spiro atoms. The molecule has 0 radical (unpaired) electrons. The summed E-state index contributed by atoms with van der Waals surface area (Å²) >= 11 is 1.56. The van der Waals surface area contributed by atoms with Crippen molar-refractivity contribution in [1.29, 1.82) is 0 Å². The van der Waals surface area contributed by atoms with Gasteiger partial charge in [-0.15, -0.1) is 11.3 Å². The van der Waals surface area contributed by atoms with Crippen molar-refractivity contribution in [2.75, 3.05) is 17.8 Å². The highest BCUT2D eigenvalue weighted by Gasteiger charge is 2.23. The third-order valence-electron chi connectivity index (χ3n) is 3.47.